The van der Waals surface area contributed by atoms with Crippen molar-refractivity contribution in [1.82, 2.24) is 19.5 Å². The van der Waals surface area contributed by atoms with E-state index < -0.39 is 6.03 Å². The summed E-state index contributed by atoms with van der Waals surface area (Å²) in [5.74, 6) is 0.140. The van der Waals surface area contributed by atoms with Gasteiger partial charge in [0, 0.05) is 17.9 Å². The summed E-state index contributed by atoms with van der Waals surface area (Å²) in [6, 6.07) is 11.9. The number of nitrogens with one attached hydrogen (secondary N) is 2. The van der Waals surface area contributed by atoms with Crippen molar-refractivity contribution in [2.75, 3.05) is 16.4 Å². The van der Waals surface area contributed by atoms with E-state index in [-0.39, 0.29) is 29.2 Å². The van der Waals surface area contributed by atoms with Crippen LogP contribution in [0.15, 0.2) is 55.0 Å². The Labute approximate surface area is 184 Å². The molecule has 4 rings (SSSR count). The summed E-state index contributed by atoms with van der Waals surface area (Å²) in [4.78, 5) is 38.3. The van der Waals surface area contributed by atoms with Crippen molar-refractivity contribution in [1.29, 1.82) is 0 Å². The van der Waals surface area contributed by atoms with Crippen LogP contribution in [0.4, 0.5) is 22.1 Å². The van der Waals surface area contributed by atoms with Gasteiger partial charge in [0.15, 0.2) is 0 Å². The second-order valence-electron chi connectivity index (χ2n) is 7.69. The van der Waals surface area contributed by atoms with Crippen LogP contribution in [-0.2, 0) is 0 Å². The smallest absolute Gasteiger partial charge is 0.324 e. The number of aromatic nitrogens is 4. The first-order valence-corrected chi connectivity index (χ1v) is 10.1. The van der Waals surface area contributed by atoms with Crippen LogP contribution in [0.5, 0.6) is 0 Å². The summed E-state index contributed by atoms with van der Waals surface area (Å²) >= 11 is 0. The first-order chi connectivity index (χ1) is 15.3. The standard InChI is InChI=1S/C23H23N7O2/c1-13(2)30-11-16(19-21(24)25-12-26-22(19)30)20(31)17-8-5-9-18(28-17)29-23(32)27-15-7-4-6-14(3)10-15/h4-13H,1-3H3,(H2,24,25,26)(H2,27,28,29,32). The predicted molar refractivity (Wildman–Crippen MR) is 124 cm³/mol. The van der Waals surface area contributed by atoms with E-state index in [4.69, 9.17) is 5.73 Å². The van der Waals surface area contributed by atoms with Gasteiger partial charge in [-0.15, -0.1) is 0 Å². The molecule has 32 heavy (non-hydrogen) atoms. The second kappa shape index (κ2) is 8.46. The van der Waals surface area contributed by atoms with E-state index in [0.717, 1.165) is 5.56 Å². The average Bonchev–Trinajstić information content (AvgIpc) is 3.15. The van der Waals surface area contributed by atoms with Gasteiger partial charge in [-0.1, -0.05) is 18.2 Å². The third kappa shape index (κ3) is 4.13. The van der Waals surface area contributed by atoms with Crippen LogP contribution in [0.25, 0.3) is 11.0 Å². The van der Waals surface area contributed by atoms with E-state index in [0.29, 0.717) is 22.3 Å². The van der Waals surface area contributed by atoms with Crippen molar-refractivity contribution in [2.45, 2.75) is 26.8 Å². The number of nitrogen functional groups attached to an aromatic ring is 1. The maximum atomic E-state index is 13.3. The third-order valence-corrected chi connectivity index (χ3v) is 4.94. The minimum Gasteiger partial charge on any atom is -0.383 e. The summed E-state index contributed by atoms with van der Waals surface area (Å²) in [6.45, 7) is 5.91. The molecule has 162 valence electrons. The molecule has 0 aliphatic rings. The molecule has 0 atom stereocenters. The fourth-order valence-corrected chi connectivity index (χ4v) is 3.44. The lowest BCUT2D eigenvalue weighted by Crippen LogP contribution is -2.20. The van der Waals surface area contributed by atoms with Crippen LogP contribution in [0.3, 0.4) is 0 Å². The highest BCUT2D eigenvalue weighted by Gasteiger charge is 2.22. The van der Waals surface area contributed by atoms with E-state index in [1.54, 1.807) is 30.5 Å². The number of anilines is 3. The third-order valence-electron chi connectivity index (χ3n) is 4.94. The highest BCUT2D eigenvalue weighted by atomic mass is 16.2. The van der Waals surface area contributed by atoms with Gasteiger partial charge in [-0.3, -0.25) is 10.1 Å². The van der Waals surface area contributed by atoms with Crippen molar-refractivity contribution < 1.29 is 9.59 Å². The lowest BCUT2D eigenvalue weighted by Gasteiger charge is -2.08. The number of nitrogens with two attached hydrogens (primary N) is 1. The second-order valence-corrected chi connectivity index (χ2v) is 7.69. The van der Waals surface area contributed by atoms with E-state index in [1.165, 1.54) is 6.33 Å². The number of ketones is 1. The number of carbonyl (C=O) groups is 2. The molecule has 0 fully saturated rings. The molecule has 4 N–H and O–H groups in total. The zero-order valence-electron chi connectivity index (χ0n) is 18.0. The average molecular weight is 429 g/mol. The normalized spacial score (nSPS) is 11.0. The minimum absolute atomic E-state index is 0.0691. The molecule has 1 aromatic carbocycles. The molecular formula is C23H23N7O2. The van der Waals surface area contributed by atoms with Crippen LogP contribution in [-0.4, -0.2) is 31.3 Å². The molecule has 3 heterocycles. The van der Waals surface area contributed by atoms with Crippen LogP contribution < -0.4 is 16.4 Å². The Morgan fingerprint density at radius 3 is 2.59 bits per heavy atom. The van der Waals surface area contributed by atoms with Crippen molar-refractivity contribution in [3.8, 4) is 0 Å². The maximum Gasteiger partial charge on any atom is 0.324 e. The number of pyridine rings is 1. The van der Waals surface area contributed by atoms with Crippen molar-refractivity contribution in [3.63, 3.8) is 0 Å². The highest BCUT2D eigenvalue weighted by Crippen LogP contribution is 2.28. The molecule has 9 heteroatoms. The van der Waals surface area contributed by atoms with Crippen LogP contribution in [0, 0.1) is 6.92 Å². The summed E-state index contributed by atoms with van der Waals surface area (Å²) in [7, 11) is 0. The van der Waals surface area contributed by atoms with Gasteiger partial charge in [0.25, 0.3) is 0 Å². The Balaban J connectivity index is 1.61. The number of aryl methyl sites for hydroxylation is 1. The van der Waals surface area contributed by atoms with Gasteiger partial charge in [0.2, 0.25) is 5.78 Å². The number of rotatable bonds is 5. The molecule has 0 aliphatic heterocycles. The predicted octanol–water partition coefficient (Wildman–Crippen LogP) is 4.17. The number of urea groups is 1. The first-order valence-electron chi connectivity index (χ1n) is 10.1. The van der Waals surface area contributed by atoms with Crippen molar-refractivity contribution in [3.05, 3.63) is 71.8 Å². The van der Waals surface area contributed by atoms with Gasteiger partial charge >= 0.3 is 6.03 Å². The van der Waals surface area contributed by atoms with Crippen molar-refractivity contribution in [2.24, 2.45) is 0 Å². The van der Waals surface area contributed by atoms with Gasteiger partial charge in [-0.2, -0.15) is 0 Å². The number of benzene rings is 1. The highest BCUT2D eigenvalue weighted by molar-refractivity contribution is 6.17. The Kier molecular flexibility index (Phi) is 5.55. The molecule has 4 aromatic rings. The van der Waals surface area contributed by atoms with E-state index >= 15 is 0 Å². The summed E-state index contributed by atoms with van der Waals surface area (Å²) < 4.78 is 1.87. The van der Waals surface area contributed by atoms with Crippen molar-refractivity contribution >= 4 is 40.2 Å². The van der Waals surface area contributed by atoms with Gasteiger partial charge in [-0.05, 0) is 50.6 Å². The summed E-state index contributed by atoms with van der Waals surface area (Å²) in [5, 5.41) is 5.90. The fraction of sp³-hybridized carbons (Fsp3) is 0.174. The number of amides is 2. The number of hydrogen-bond donors (Lipinski definition) is 3. The number of hydrogen-bond acceptors (Lipinski definition) is 6. The molecule has 3 aromatic heterocycles. The topological polar surface area (TPSA) is 128 Å². The number of nitrogens with zero attached hydrogens (tertiary/aromatic N) is 4. The Bertz CT molecular complexity index is 1330. The largest absolute Gasteiger partial charge is 0.383 e. The van der Waals surface area contributed by atoms with Crippen LogP contribution >= 0.6 is 0 Å². The molecule has 0 saturated heterocycles. The SMILES string of the molecule is Cc1cccc(NC(=O)Nc2cccc(C(=O)c3cn(C(C)C)c4ncnc(N)c34)n2)c1. The molecule has 0 radical (unpaired) electrons. The molecule has 2 amide bonds. The fourth-order valence-electron chi connectivity index (χ4n) is 3.44. The summed E-state index contributed by atoms with van der Waals surface area (Å²) in [6.07, 6.45) is 3.09. The Morgan fingerprint density at radius 1 is 1.06 bits per heavy atom. The quantitative estimate of drug-likeness (QED) is 0.409. The van der Waals surface area contributed by atoms with E-state index in [9.17, 15) is 9.59 Å². The minimum atomic E-state index is -0.457. The Morgan fingerprint density at radius 2 is 1.84 bits per heavy atom. The monoisotopic (exact) mass is 429 g/mol. The lowest BCUT2D eigenvalue weighted by molar-refractivity contribution is 0.103. The molecule has 0 unspecified atom stereocenters. The molecule has 0 saturated carbocycles. The number of fused-ring (bicyclic) bond motifs is 1. The molecule has 0 bridgehead atoms. The van der Waals surface area contributed by atoms with Gasteiger partial charge < -0.3 is 15.6 Å². The van der Waals surface area contributed by atoms with Gasteiger partial charge in [0.05, 0.1) is 10.9 Å². The van der Waals surface area contributed by atoms with E-state index in [2.05, 4.69) is 25.6 Å². The molecular weight excluding hydrogens is 406 g/mol. The van der Waals surface area contributed by atoms with Gasteiger partial charge in [-0.25, -0.2) is 19.7 Å². The summed E-state index contributed by atoms with van der Waals surface area (Å²) in [5.41, 5.74) is 8.87. The lowest BCUT2D eigenvalue weighted by atomic mass is 10.1. The zero-order chi connectivity index (χ0) is 22.8. The molecule has 9 nitrogen and oxygen atoms in total. The zero-order valence-corrected chi connectivity index (χ0v) is 18.0. The Hall–Kier alpha value is -4.27. The maximum absolute atomic E-state index is 13.3. The van der Waals surface area contributed by atoms with Crippen LogP contribution in [0.1, 0.15) is 41.5 Å². The molecule has 0 aliphatic carbocycles. The van der Waals surface area contributed by atoms with Gasteiger partial charge in [0.1, 0.15) is 29.3 Å². The molecule has 0 spiro atoms. The first kappa shape index (κ1) is 21.0. The van der Waals surface area contributed by atoms with E-state index in [1.807, 2.05) is 43.5 Å². The van der Waals surface area contributed by atoms with Crippen LogP contribution in [0.2, 0.25) is 0 Å². The number of carbonyl (C=O) groups excluding carboxylic acids is 2.